The number of nitriles is 1. The van der Waals surface area contributed by atoms with Crippen LogP contribution in [0.2, 0.25) is 0 Å². The van der Waals surface area contributed by atoms with Crippen molar-refractivity contribution in [1.82, 2.24) is 10.2 Å². The first-order chi connectivity index (χ1) is 9.47. The Morgan fingerprint density at radius 3 is 2.55 bits per heavy atom. The van der Waals surface area contributed by atoms with E-state index in [1.807, 2.05) is 13.0 Å². The Morgan fingerprint density at radius 1 is 1.35 bits per heavy atom. The fourth-order valence-corrected chi connectivity index (χ4v) is 3.08. The molecule has 0 aliphatic heterocycles. The minimum atomic E-state index is -3.74. The summed E-state index contributed by atoms with van der Waals surface area (Å²) >= 11 is 1.26. The van der Waals surface area contributed by atoms with Gasteiger partial charge >= 0.3 is 0 Å². The summed E-state index contributed by atoms with van der Waals surface area (Å²) in [7, 11) is -3.74. The third-order valence-corrected chi connectivity index (χ3v) is 4.65. The Bertz CT molecular complexity index is 758. The normalized spacial score (nSPS) is 11.1. The Hall–Kier alpha value is -1.98. The van der Waals surface area contributed by atoms with E-state index in [9.17, 15) is 8.42 Å². The summed E-state index contributed by atoms with van der Waals surface area (Å²) in [6.45, 7) is 1.87. The smallest absolute Gasteiger partial charge is 0.263 e. The van der Waals surface area contributed by atoms with Gasteiger partial charge in [0, 0.05) is 0 Å². The van der Waals surface area contributed by atoms with Gasteiger partial charge in [-0.1, -0.05) is 17.7 Å². The average molecular weight is 308 g/mol. The van der Waals surface area contributed by atoms with Crippen LogP contribution in [0.25, 0.3) is 0 Å². The number of anilines is 1. The Labute approximate surface area is 121 Å². The topological polar surface area (TPSA) is 98.6 Å². The van der Waals surface area contributed by atoms with E-state index in [0.717, 1.165) is 5.56 Å². The molecule has 104 valence electrons. The maximum Gasteiger partial charge on any atom is 0.263 e. The van der Waals surface area contributed by atoms with E-state index in [2.05, 4.69) is 14.9 Å². The summed E-state index contributed by atoms with van der Waals surface area (Å²) in [5, 5.41) is 15.9. The van der Waals surface area contributed by atoms with Crippen LogP contribution < -0.4 is 4.72 Å². The van der Waals surface area contributed by atoms with Crippen molar-refractivity contribution in [2.24, 2.45) is 0 Å². The van der Waals surface area contributed by atoms with Crippen LogP contribution >= 0.6 is 11.8 Å². The maximum atomic E-state index is 12.2. The molecule has 1 aromatic heterocycles. The molecule has 2 N–H and O–H groups in total. The van der Waals surface area contributed by atoms with Crippen molar-refractivity contribution in [3.05, 3.63) is 35.4 Å². The third kappa shape index (κ3) is 2.79. The second-order valence-electron chi connectivity index (χ2n) is 4.01. The standard InChI is InChI=1S/C12H12N4O2S2/c1-8-3-5-9(6-4-8)20(17,18)16-11-10(7-13)12(19-2)15-14-11/h3-6H,1-2H3,(H2,14,15,16). The molecule has 0 aliphatic carbocycles. The van der Waals surface area contributed by atoms with E-state index in [-0.39, 0.29) is 16.3 Å². The zero-order chi connectivity index (χ0) is 14.8. The van der Waals surface area contributed by atoms with Gasteiger partial charge in [-0.15, -0.1) is 11.8 Å². The van der Waals surface area contributed by atoms with Gasteiger partial charge in [-0.05, 0) is 25.3 Å². The largest absolute Gasteiger partial charge is 0.263 e. The molecule has 6 nitrogen and oxygen atoms in total. The molecular formula is C12H12N4O2S2. The SMILES string of the molecule is CSc1n[nH]c(NS(=O)(=O)c2ccc(C)cc2)c1C#N. The van der Waals surface area contributed by atoms with Crippen molar-refractivity contribution in [3.63, 3.8) is 0 Å². The summed E-state index contributed by atoms with van der Waals surface area (Å²) in [5.74, 6) is 0.0809. The van der Waals surface area contributed by atoms with Gasteiger partial charge in [-0.25, -0.2) is 8.42 Å². The average Bonchev–Trinajstić information content (AvgIpc) is 2.80. The van der Waals surface area contributed by atoms with Crippen molar-refractivity contribution < 1.29 is 8.42 Å². The number of aromatic nitrogens is 2. The van der Waals surface area contributed by atoms with Crippen molar-refractivity contribution in [3.8, 4) is 6.07 Å². The number of benzene rings is 1. The number of rotatable bonds is 4. The number of aromatic amines is 1. The summed E-state index contributed by atoms with van der Waals surface area (Å²) in [6, 6.07) is 8.37. The molecule has 0 fully saturated rings. The molecule has 0 radical (unpaired) electrons. The van der Waals surface area contributed by atoms with Gasteiger partial charge < -0.3 is 0 Å². The highest BCUT2D eigenvalue weighted by atomic mass is 32.2. The van der Waals surface area contributed by atoms with Crippen LogP contribution in [0.15, 0.2) is 34.2 Å². The maximum absolute atomic E-state index is 12.2. The van der Waals surface area contributed by atoms with Gasteiger partial charge in [0.15, 0.2) is 5.82 Å². The molecule has 1 aromatic carbocycles. The molecule has 20 heavy (non-hydrogen) atoms. The minimum Gasteiger partial charge on any atom is -0.263 e. The van der Waals surface area contributed by atoms with Crippen LogP contribution in [0, 0.1) is 18.3 Å². The lowest BCUT2D eigenvalue weighted by Crippen LogP contribution is -2.14. The van der Waals surface area contributed by atoms with Crippen LogP contribution in [0.3, 0.4) is 0 Å². The van der Waals surface area contributed by atoms with Crippen molar-refractivity contribution in [1.29, 1.82) is 5.26 Å². The Kier molecular flexibility index (Phi) is 4.01. The minimum absolute atomic E-state index is 0.0809. The lowest BCUT2D eigenvalue weighted by atomic mass is 10.2. The van der Waals surface area contributed by atoms with Crippen LogP contribution in [0.1, 0.15) is 11.1 Å². The number of nitrogens with zero attached hydrogens (tertiary/aromatic N) is 2. The lowest BCUT2D eigenvalue weighted by molar-refractivity contribution is 0.601. The van der Waals surface area contributed by atoms with E-state index in [1.54, 1.807) is 18.4 Å². The molecule has 0 aliphatic rings. The highest BCUT2D eigenvalue weighted by molar-refractivity contribution is 7.98. The van der Waals surface area contributed by atoms with Gasteiger partial charge in [-0.3, -0.25) is 9.82 Å². The number of hydrogen-bond acceptors (Lipinski definition) is 5. The highest BCUT2D eigenvalue weighted by Gasteiger charge is 2.19. The van der Waals surface area contributed by atoms with E-state index < -0.39 is 10.0 Å². The first-order valence-corrected chi connectivity index (χ1v) is 8.30. The van der Waals surface area contributed by atoms with E-state index in [4.69, 9.17) is 5.26 Å². The van der Waals surface area contributed by atoms with Crippen LogP contribution in [-0.2, 0) is 10.0 Å². The number of hydrogen-bond donors (Lipinski definition) is 2. The Balaban J connectivity index is 2.36. The predicted octanol–water partition coefficient (Wildman–Crippen LogP) is 2.11. The van der Waals surface area contributed by atoms with Gasteiger partial charge in [0.2, 0.25) is 0 Å². The molecule has 0 atom stereocenters. The van der Waals surface area contributed by atoms with Gasteiger partial charge in [0.25, 0.3) is 10.0 Å². The monoisotopic (exact) mass is 308 g/mol. The lowest BCUT2D eigenvalue weighted by Gasteiger charge is -2.06. The van der Waals surface area contributed by atoms with E-state index in [1.165, 1.54) is 23.9 Å². The summed E-state index contributed by atoms with van der Waals surface area (Å²) in [4.78, 5) is 0.132. The number of nitrogens with one attached hydrogen (secondary N) is 2. The van der Waals surface area contributed by atoms with Crippen molar-refractivity contribution in [2.75, 3.05) is 11.0 Å². The first kappa shape index (κ1) is 14.4. The molecule has 2 aromatic rings. The summed E-state index contributed by atoms with van der Waals surface area (Å²) in [5.41, 5.74) is 1.15. The number of thioether (sulfide) groups is 1. The Morgan fingerprint density at radius 2 is 2.00 bits per heavy atom. The van der Waals surface area contributed by atoms with E-state index in [0.29, 0.717) is 5.03 Å². The molecule has 8 heteroatoms. The summed E-state index contributed by atoms with van der Waals surface area (Å²) < 4.78 is 26.8. The number of sulfonamides is 1. The number of aryl methyl sites for hydroxylation is 1. The van der Waals surface area contributed by atoms with Gasteiger partial charge in [0.05, 0.1) is 4.90 Å². The third-order valence-electron chi connectivity index (χ3n) is 2.61. The van der Waals surface area contributed by atoms with E-state index >= 15 is 0 Å². The fourth-order valence-electron chi connectivity index (χ4n) is 1.56. The van der Waals surface area contributed by atoms with Crippen molar-refractivity contribution in [2.45, 2.75) is 16.8 Å². The van der Waals surface area contributed by atoms with Crippen molar-refractivity contribution >= 4 is 27.6 Å². The fraction of sp³-hybridized carbons (Fsp3) is 0.167. The molecule has 0 amide bonds. The second kappa shape index (κ2) is 5.56. The van der Waals surface area contributed by atoms with Gasteiger partial charge in [0.1, 0.15) is 16.7 Å². The molecular weight excluding hydrogens is 296 g/mol. The zero-order valence-electron chi connectivity index (χ0n) is 10.8. The molecule has 0 saturated carbocycles. The predicted molar refractivity (Wildman–Crippen MR) is 77.1 cm³/mol. The highest BCUT2D eigenvalue weighted by Crippen LogP contribution is 2.25. The molecule has 0 spiro atoms. The number of H-pyrrole nitrogens is 1. The second-order valence-corrected chi connectivity index (χ2v) is 6.49. The molecule has 0 saturated heterocycles. The molecule has 2 rings (SSSR count). The molecule has 0 bridgehead atoms. The molecule has 0 unspecified atom stereocenters. The zero-order valence-corrected chi connectivity index (χ0v) is 12.5. The van der Waals surface area contributed by atoms with Crippen LogP contribution in [0.4, 0.5) is 5.82 Å². The van der Waals surface area contributed by atoms with Crippen LogP contribution in [0.5, 0.6) is 0 Å². The molecule has 1 heterocycles. The quantitative estimate of drug-likeness (QED) is 0.843. The van der Waals surface area contributed by atoms with Gasteiger partial charge in [-0.2, -0.15) is 10.4 Å². The van der Waals surface area contributed by atoms with Crippen LogP contribution in [-0.4, -0.2) is 24.9 Å². The first-order valence-electron chi connectivity index (χ1n) is 5.60. The summed E-state index contributed by atoms with van der Waals surface area (Å²) in [6.07, 6.45) is 1.76.